The van der Waals surface area contributed by atoms with E-state index < -0.39 is 0 Å². The Morgan fingerprint density at radius 2 is 1.44 bits per heavy atom. The van der Waals surface area contributed by atoms with Gasteiger partial charge in [-0.25, -0.2) is 4.39 Å². The van der Waals surface area contributed by atoms with E-state index >= 15 is 0 Å². The molecule has 1 aromatic carbocycles. The molecule has 1 aromatic rings. The van der Waals surface area contributed by atoms with Gasteiger partial charge in [-0.05, 0) is 93.2 Å². The van der Waals surface area contributed by atoms with E-state index in [1.165, 1.54) is 69.8 Å². The van der Waals surface area contributed by atoms with Crippen molar-refractivity contribution in [2.24, 2.45) is 29.6 Å². The Kier molecular flexibility index (Phi) is 9.22. The largest absolute Gasteiger partial charge is 0.352 e. The van der Waals surface area contributed by atoms with Crippen molar-refractivity contribution < 1.29 is 13.9 Å². The van der Waals surface area contributed by atoms with Crippen molar-refractivity contribution >= 4 is 0 Å². The van der Waals surface area contributed by atoms with Crippen molar-refractivity contribution in [1.29, 1.82) is 0 Å². The van der Waals surface area contributed by atoms with Crippen LogP contribution in [0.25, 0.3) is 0 Å². The molecule has 1 saturated heterocycles. The van der Waals surface area contributed by atoms with Gasteiger partial charge in [0, 0.05) is 11.8 Å². The van der Waals surface area contributed by atoms with Crippen LogP contribution in [0.2, 0.25) is 0 Å². The third kappa shape index (κ3) is 6.90. The van der Waals surface area contributed by atoms with E-state index in [9.17, 15) is 4.39 Å². The number of rotatable bonds is 8. The van der Waals surface area contributed by atoms with Gasteiger partial charge in [-0.2, -0.15) is 0 Å². The molecule has 0 bridgehead atoms. The average Bonchev–Trinajstić information content (AvgIpc) is 2.85. The van der Waals surface area contributed by atoms with Crippen molar-refractivity contribution in [3.8, 4) is 0 Å². The lowest BCUT2D eigenvalue weighted by molar-refractivity contribution is -0.223. The molecule has 1 aliphatic heterocycles. The lowest BCUT2D eigenvalue weighted by Gasteiger charge is -2.40. The molecule has 3 aliphatic rings. The number of unbranched alkanes of at least 4 members (excludes halogenated alkanes) is 1. The highest BCUT2D eigenvalue weighted by Crippen LogP contribution is 2.43. The molecule has 0 radical (unpaired) electrons. The van der Waals surface area contributed by atoms with Crippen LogP contribution in [0.3, 0.4) is 0 Å². The smallest absolute Gasteiger partial charge is 0.160 e. The summed E-state index contributed by atoms with van der Waals surface area (Å²) in [4.78, 5) is 0. The van der Waals surface area contributed by atoms with Gasteiger partial charge in [0.2, 0.25) is 0 Å². The Labute approximate surface area is 195 Å². The second kappa shape index (κ2) is 12.3. The molecular formula is C29H43FO2. The van der Waals surface area contributed by atoms with Crippen LogP contribution in [-0.4, -0.2) is 19.5 Å². The minimum absolute atomic E-state index is 0.0361. The van der Waals surface area contributed by atoms with E-state index in [4.69, 9.17) is 9.47 Å². The molecule has 0 amide bonds. The van der Waals surface area contributed by atoms with Crippen LogP contribution in [0.5, 0.6) is 0 Å². The van der Waals surface area contributed by atoms with Gasteiger partial charge in [0.15, 0.2) is 6.29 Å². The van der Waals surface area contributed by atoms with Crippen molar-refractivity contribution in [2.75, 3.05) is 13.2 Å². The van der Waals surface area contributed by atoms with Gasteiger partial charge < -0.3 is 9.47 Å². The minimum atomic E-state index is -0.130. The van der Waals surface area contributed by atoms with Gasteiger partial charge in [0.1, 0.15) is 5.82 Å². The molecule has 1 heterocycles. The van der Waals surface area contributed by atoms with Crippen LogP contribution in [-0.2, 0) is 15.9 Å². The molecular weight excluding hydrogens is 399 g/mol. The molecule has 2 nitrogen and oxygen atoms in total. The summed E-state index contributed by atoms with van der Waals surface area (Å²) >= 11 is 0. The lowest BCUT2D eigenvalue weighted by atomic mass is 9.68. The maximum Gasteiger partial charge on any atom is 0.160 e. The first-order chi connectivity index (χ1) is 15.7. The predicted molar refractivity (Wildman–Crippen MR) is 129 cm³/mol. The van der Waals surface area contributed by atoms with Crippen molar-refractivity contribution in [1.82, 2.24) is 0 Å². The summed E-state index contributed by atoms with van der Waals surface area (Å²) in [5, 5.41) is 0. The highest BCUT2D eigenvalue weighted by molar-refractivity contribution is 5.16. The van der Waals surface area contributed by atoms with Gasteiger partial charge in [0.25, 0.3) is 0 Å². The molecule has 3 heteroatoms. The molecule has 4 rings (SSSR count). The second-order valence-corrected chi connectivity index (χ2v) is 10.6. The van der Waals surface area contributed by atoms with Crippen LogP contribution >= 0.6 is 0 Å². The van der Waals surface area contributed by atoms with Crippen LogP contribution in [0.15, 0.2) is 36.4 Å². The average molecular weight is 443 g/mol. The van der Waals surface area contributed by atoms with E-state index in [0.29, 0.717) is 11.8 Å². The Hall–Kier alpha value is -1.19. The Morgan fingerprint density at radius 3 is 2.06 bits per heavy atom. The third-order valence-corrected chi connectivity index (χ3v) is 8.33. The van der Waals surface area contributed by atoms with Crippen LogP contribution in [0.1, 0.15) is 83.1 Å². The minimum Gasteiger partial charge on any atom is -0.352 e. The monoisotopic (exact) mass is 442 g/mol. The van der Waals surface area contributed by atoms with Gasteiger partial charge >= 0.3 is 0 Å². The zero-order chi connectivity index (χ0) is 22.2. The standard InChI is InChI=1S/C29H43FO2/c1-2-3-4-5-24-20-31-29(32-21-24)27-16-14-26(15-17-27)25-12-8-22(9-13-25)6-7-23-10-18-28(30)19-11-23/h4-5,10-11,18-19,22,24-27,29H,2-3,6-9,12-17,20-21H2,1H3/b5-4+. The fourth-order valence-corrected chi connectivity index (χ4v) is 6.23. The number of ether oxygens (including phenoxy) is 2. The van der Waals surface area contributed by atoms with E-state index in [1.54, 1.807) is 12.1 Å². The molecule has 0 aromatic heterocycles. The topological polar surface area (TPSA) is 18.5 Å². The molecule has 0 N–H and O–H groups in total. The fraction of sp³-hybridized carbons (Fsp3) is 0.724. The SMILES string of the molecule is CCC/C=C/C1COC(C2CCC(C3CCC(CCc4ccc(F)cc4)CC3)CC2)OC1. The quantitative estimate of drug-likeness (QED) is 0.384. The highest BCUT2D eigenvalue weighted by Gasteiger charge is 2.35. The second-order valence-electron chi connectivity index (χ2n) is 10.6. The molecule has 2 aliphatic carbocycles. The Bertz CT molecular complexity index is 676. The van der Waals surface area contributed by atoms with Crippen LogP contribution < -0.4 is 0 Å². The first kappa shape index (κ1) is 24.0. The van der Waals surface area contributed by atoms with Crippen molar-refractivity contribution in [3.63, 3.8) is 0 Å². The maximum absolute atomic E-state index is 13.1. The first-order valence-corrected chi connectivity index (χ1v) is 13.4. The summed E-state index contributed by atoms with van der Waals surface area (Å²) in [5.74, 6) is 3.61. The summed E-state index contributed by atoms with van der Waals surface area (Å²) in [7, 11) is 0. The summed E-state index contributed by atoms with van der Waals surface area (Å²) in [5.41, 5.74) is 1.28. The normalized spacial score (nSPS) is 34.1. The first-order valence-electron chi connectivity index (χ1n) is 13.4. The number of halogens is 1. The van der Waals surface area contributed by atoms with Gasteiger partial charge in [0.05, 0.1) is 13.2 Å². The Morgan fingerprint density at radius 1 is 0.844 bits per heavy atom. The molecule has 0 atom stereocenters. The van der Waals surface area contributed by atoms with Crippen molar-refractivity contribution in [2.45, 2.75) is 90.3 Å². The maximum atomic E-state index is 13.1. The zero-order valence-electron chi connectivity index (χ0n) is 20.0. The van der Waals surface area contributed by atoms with Gasteiger partial charge in [-0.1, -0.05) is 50.5 Å². The summed E-state index contributed by atoms with van der Waals surface area (Å²) in [6.07, 6.45) is 20.2. The van der Waals surface area contributed by atoms with Gasteiger partial charge in [-0.3, -0.25) is 0 Å². The zero-order valence-corrected chi connectivity index (χ0v) is 20.0. The summed E-state index contributed by atoms with van der Waals surface area (Å²) in [6.45, 7) is 3.87. The predicted octanol–water partition coefficient (Wildman–Crippen LogP) is 7.72. The van der Waals surface area contributed by atoms with Gasteiger partial charge in [-0.15, -0.1) is 0 Å². The number of aryl methyl sites for hydroxylation is 1. The van der Waals surface area contributed by atoms with Crippen LogP contribution in [0, 0.1) is 35.4 Å². The molecule has 32 heavy (non-hydrogen) atoms. The molecule has 3 fully saturated rings. The van der Waals surface area contributed by atoms with E-state index in [0.717, 1.165) is 43.8 Å². The summed E-state index contributed by atoms with van der Waals surface area (Å²) < 4.78 is 25.3. The number of hydrogen-bond acceptors (Lipinski definition) is 2. The molecule has 0 unspecified atom stereocenters. The number of allylic oxidation sites excluding steroid dienone is 1. The fourth-order valence-electron chi connectivity index (χ4n) is 6.23. The van der Waals surface area contributed by atoms with E-state index in [1.807, 2.05) is 12.1 Å². The van der Waals surface area contributed by atoms with E-state index in [-0.39, 0.29) is 12.1 Å². The van der Waals surface area contributed by atoms with Crippen molar-refractivity contribution in [3.05, 3.63) is 47.8 Å². The third-order valence-electron chi connectivity index (χ3n) is 8.33. The molecule has 0 spiro atoms. The Balaban J connectivity index is 1.12. The molecule has 2 saturated carbocycles. The lowest BCUT2D eigenvalue weighted by Crippen LogP contribution is -2.38. The number of benzene rings is 1. The van der Waals surface area contributed by atoms with Crippen LogP contribution in [0.4, 0.5) is 4.39 Å². The molecule has 178 valence electrons. The van der Waals surface area contributed by atoms with E-state index in [2.05, 4.69) is 19.1 Å². The highest BCUT2D eigenvalue weighted by atomic mass is 19.1. The number of hydrogen-bond donors (Lipinski definition) is 0. The summed E-state index contributed by atoms with van der Waals surface area (Å²) in [6, 6.07) is 7.08.